The quantitative estimate of drug-likeness (QED) is 0.752. The Balaban J connectivity index is 1.84. The predicted octanol–water partition coefficient (Wildman–Crippen LogP) is 3.72. The molecule has 1 aromatic carbocycles. The van der Waals surface area contributed by atoms with E-state index in [9.17, 15) is 22.8 Å². The van der Waals surface area contributed by atoms with Crippen molar-refractivity contribution < 1.29 is 22.4 Å². The molecule has 0 saturated carbocycles. The topological polar surface area (TPSA) is 77.1 Å². The third-order valence-electron chi connectivity index (χ3n) is 3.80. The number of anilines is 1. The summed E-state index contributed by atoms with van der Waals surface area (Å²) in [4.78, 5) is 24.5. The van der Waals surface area contributed by atoms with Crippen molar-refractivity contribution in [2.45, 2.75) is 19.1 Å². The zero-order valence-electron chi connectivity index (χ0n) is 14.0. The van der Waals surface area contributed by atoms with Crippen LogP contribution in [0.2, 0.25) is 0 Å². The molecule has 0 spiro atoms. The lowest BCUT2D eigenvalue weighted by molar-refractivity contribution is -0.137. The lowest BCUT2D eigenvalue weighted by Crippen LogP contribution is -2.33. The molecule has 27 heavy (non-hydrogen) atoms. The van der Waals surface area contributed by atoms with Crippen LogP contribution in [0.3, 0.4) is 0 Å². The van der Waals surface area contributed by atoms with Crippen molar-refractivity contribution in [3.63, 3.8) is 0 Å². The van der Waals surface area contributed by atoms with Gasteiger partial charge in [-0.25, -0.2) is 4.68 Å². The predicted molar refractivity (Wildman–Crippen MR) is 91.0 cm³/mol. The first kappa shape index (κ1) is 18.4. The van der Waals surface area contributed by atoms with Gasteiger partial charge in [-0.1, -0.05) is 6.07 Å². The first-order valence-electron chi connectivity index (χ1n) is 7.87. The minimum Gasteiger partial charge on any atom is -0.463 e. The molecular formula is C18H14F3N3O3. The second-order valence-corrected chi connectivity index (χ2v) is 5.72. The smallest absolute Gasteiger partial charge is 0.416 e. The maximum absolute atomic E-state index is 12.8. The molecule has 0 bridgehead atoms. The summed E-state index contributed by atoms with van der Waals surface area (Å²) in [6.07, 6.45) is -3.08. The minimum atomic E-state index is -4.53. The van der Waals surface area contributed by atoms with Gasteiger partial charge in [0.15, 0.2) is 5.76 Å². The molecule has 9 heteroatoms. The van der Waals surface area contributed by atoms with Crippen molar-refractivity contribution >= 4 is 11.6 Å². The third kappa shape index (κ3) is 4.08. The van der Waals surface area contributed by atoms with Gasteiger partial charge in [-0.15, -0.1) is 0 Å². The summed E-state index contributed by atoms with van der Waals surface area (Å²) in [5.41, 5.74) is -1.10. The summed E-state index contributed by atoms with van der Waals surface area (Å²) in [6.45, 7) is 1.42. The molecular weight excluding hydrogens is 363 g/mol. The molecule has 1 atom stereocenters. The lowest BCUT2D eigenvalue weighted by Gasteiger charge is -2.15. The zero-order valence-corrected chi connectivity index (χ0v) is 14.0. The Morgan fingerprint density at radius 2 is 1.96 bits per heavy atom. The first-order valence-corrected chi connectivity index (χ1v) is 7.87. The number of benzene rings is 1. The van der Waals surface area contributed by atoms with Gasteiger partial charge in [0.1, 0.15) is 11.7 Å². The van der Waals surface area contributed by atoms with Crippen molar-refractivity contribution in [1.82, 2.24) is 9.78 Å². The number of nitrogens with zero attached hydrogens (tertiary/aromatic N) is 2. The van der Waals surface area contributed by atoms with Crippen LogP contribution in [-0.2, 0) is 11.0 Å². The largest absolute Gasteiger partial charge is 0.463 e. The van der Waals surface area contributed by atoms with Gasteiger partial charge in [-0.3, -0.25) is 9.59 Å². The maximum Gasteiger partial charge on any atom is 0.416 e. The van der Waals surface area contributed by atoms with Gasteiger partial charge >= 0.3 is 6.18 Å². The highest BCUT2D eigenvalue weighted by Gasteiger charge is 2.30. The molecule has 3 aromatic rings. The summed E-state index contributed by atoms with van der Waals surface area (Å²) >= 11 is 0. The van der Waals surface area contributed by atoms with Crippen LogP contribution in [0.1, 0.15) is 18.5 Å². The summed E-state index contributed by atoms with van der Waals surface area (Å²) in [5, 5.41) is 6.48. The molecule has 3 rings (SSSR count). The average Bonchev–Trinajstić information content (AvgIpc) is 3.15. The van der Waals surface area contributed by atoms with E-state index in [0.717, 1.165) is 16.8 Å². The van der Waals surface area contributed by atoms with E-state index in [1.165, 1.54) is 37.5 Å². The Bertz CT molecular complexity index is 1010. The second kappa shape index (κ2) is 7.10. The van der Waals surface area contributed by atoms with Crippen molar-refractivity contribution in [1.29, 1.82) is 0 Å². The van der Waals surface area contributed by atoms with E-state index in [1.807, 2.05) is 0 Å². The van der Waals surface area contributed by atoms with Crippen LogP contribution in [0.25, 0.3) is 11.5 Å². The van der Waals surface area contributed by atoms with Crippen molar-refractivity contribution in [3.8, 4) is 11.5 Å². The number of carbonyl (C=O) groups is 1. The van der Waals surface area contributed by atoms with E-state index < -0.39 is 29.2 Å². The van der Waals surface area contributed by atoms with Crippen LogP contribution in [0.15, 0.2) is 64.0 Å². The van der Waals surface area contributed by atoms with Crippen molar-refractivity contribution in [2.75, 3.05) is 5.32 Å². The van der Waals surface area contributed by atoms with Gasteiger partial charge in [0.25, 0.3) is 5.56 Å². The minimum absolute atomic E-state index is 0.0306. The van der Waals surface area contributed by atoms with Gasteiger partial charge in [-0.05, 0) is 43.3 Å². The Hall–Kier alpha value is -3.36. The van der Waals surface area contributed by atoms with E-state index in [-0.39, 0.29) is 5.69 Å². The van der Waals surface area contributed by atoms with Crippen molar-refractivity contribution in [3.05, 3.63) is 70.7 Å². The number of alkyl halides is 3. The number of aromatic nitrogens is 2. The molecule has 1 N–H and O–H groups in total. The molecule has 1 amide bonds. The number of hydrogen-bond donors (Lipinski definition) is 1. The van der Waals surface area contributed by atoms with Crippen LogP contribution >= 0.6 is 0 Å². The second-order valence-electron chi connectivity index (χ2n) is 5.72. The number of carbonyl (C=O) groups excluding carboxylic acids is 1. The van der Waals surface area contributed by atoms with E-state index in [4.69, 9.17) is 4.42 Å². The Morgan fingerprint density at radius 3 is 2.63 bits per heavy atom. The summed E-state index contributed by atoms with van der Waals surface area (Å²) in [5.74, 6) is -0.269. The molecule has 140 valence electrons. The van der Waals surface area contributed by atoms with Crippen molar-refractivity contribution in [2.24, 2.45) is 0 Å². The van der Waals surface area contributed by atoms with Gasteiger partial charge < -0.3 is 9.73 Å². The van der Waals surface area contributed by atoms with Crippen LogP contribution in [0.5, 0.6) is 0 Å². The molecule has 2 aromatic heterocycles. The number of hydrogen-bond acceptors (Lipinski definition) is 4. The van der Waals surface area contributed by atoms with E-state index in [0.29, 0.717) is 11.5 Å². The van der Waals surface area contributed by atoms with Crippen LogP contribution in [-0.4, -0.2) is 15.7 Å². The fourth-order valence-corrected chi connectivity index (χ4v) is 2.39. The van der Waals surface area contributed by atoms with Crippen LogP contribution < -0.4 is 10.9 Å². The number of rotatable bonds is 4. The Morgan fingerprint density at radius 1 is 1.19 bits per heavy atom. The van der Waals surface area contributed by atoms with E-state index >= 15 is 0 Å². The standard InChI is InChI=1S/C18H14F3N3O3/c1-11(17(26)22-13-5-2-4-12(10-13)18(19,20)21)24-16(25)8-7-14(23-24)15-6-3-9-27-15/h2-11H,1H3,(H,22,26). The fourth-order valence-electron chi connectivity index (χ4n) is 2.39. The van der Waals surface area contributed by atoms with Gasteiger partial charge in [-0.2, -0.15) is 18.3 Å². The molecule has 0 fully saturated rings. The normalized spacial score (nSPS) is 12.6. The highest BCUT2D eigenvalue weighted by atomic mass is 19.4. The van der Waals surface area contributed by atoms with Gasteiger partial charge in [0.2, 0.25) is 5.91 Å². The molecule has 0 saturated heterocycles. The number of nitrogens with one attached hydrogen (secondary N) is 1. The summed E-state index contributed by atoms with van der Waals surface area (Å²) < 4.78 is 44.5. The molecule has 2 heterocycles. The Kier molecular flexibility index (Phi) is 4.85. The monoisotopic (exact) mass is 377 g/mol. The molecule has 0 aliphatic carbocycles. The van der Waals surface area contributed by atoms with Crippen LogP contribution in [0, 0.1) is 0 Å². The number of amides is 1. The molecule has 6 nitrogen and oxygen atoms in total. The van der Waals surface area contributed by atoms with E-state index in [1.54, 1.807) is 12.1 Å². The number of halogens is 3. The van der Waals surface area contributed by atoms with E-state index in [2.05, 4.69) is 10.4 Å². The highest BCUT2D eigenvalue weighted by Crippen LogP contribution is 2.30. The lowest BCUT2D eigenvalue weighted by atomic mass is 10.2. The number of furan rings is 1. The van der Waals surface area contributed by atoms with Gasteiger partial charge in [0.05, 0.1) is 11.8 Å². The average molecular weight is 377 g/mol. The summed E-state index contributed by atoms with van der Waals surface area (Å²) in [6, 6.07) is 9.16. The SMILES string of the molecule is CC(C(=O)Nc1cccc(C(F)(F)F)c1)n1nc(-c2ccco2)ccc1=O. The molecule has 0 radical (unpaired) electrons. The highest BCUT2D eigenvalue weighted by molar-refractivity contribution is 5.93. The molecule has 1 unspecified atom stereocenters. The summed E-state index contributed by atoms with van der Waals surface area (Å²) in [7, 11) is 0. The maximum atomic E-state index is 12.8. The third-order valence-corrected chi connectivity index (χ3v) is 3.80. The first-order chi connectivity index (χ1) is 12.8. The fraction of sp³-hybridized carbons (Fsp3) is 0.167. The zero-order chi connectivity index (χ0) is 19.6. The molecule has 0 aliphatic heterocycles. The molecule has 0 aliphatic rings. The van der Waals surface area contributed by atoms with Crippen LogP contribution in [0.4, 0.5) is 18.9 Å². The Labute approximate surface area is 151 Å². The van der Waals surface area contributed by atoms with Gasteiger partial charge in [0, 0.05) is 11.8 Å².